The molecule has 0 aromatic heterocycles. The van der Waals surface area contributed by atoms with E-state index in [4.69, 9.17) is 5.11 Å². The van der Waals surface area contributed by atoms with Crippen molar-refractivity contribution in [3.63, 3.8) is 0 Å². The Balaban J connectivity index is 2.04. The number of nitrogens with one attached hydrogen (secondary N) is 2. The topological polar surface area (TPSA) is 78.4 Å². The Morgan fingerprint density at radius 3 is 2.55 bits per heavy atom. The Labute approximate surface area is 116 Å². The van der Waals surface area contributed by atoms with E-state index in [-0.39, 0.29) is 11.7 Å². The first-order valence-electron chi connectivity index (χ1n) is 6.67. The number of aromatic carboxylic acids is 1. The van der Waals surface area contributed by atoms with Gasteiger partial charge in [0.2, 0.25) is 0 Å². The van der Waals surface area contributed by atoms with Gasteiger partial charge in [-0.25, -0.2) is 14.0 Å². The van der Waals surface area contributed by atoms with Crippen LogP contribution in [-0.4, -0.2) is 23.1 Å². The van der Waals surface area contributed by atoms with Gasteiger partial charge < -0.3 is 15.7 Å². The summed E-state index contributed by atoms with van der Waals surface area (Å²) in [5.41, 5.74) is -0.558. The molecule has 0 aliphatic heterocycles. The van der Waals surface area contributed by atoms with E-state index in [0.717, 1.165) is 31.7 Å². The van der Waals surface area contributed by atoms with Gasteiger partial charge in [-0.1, -0.05) is 25.3 Å². The lowest BCUT2D eigenvalue weighted by atomic mass is 9.96. The highest BCUT2D eigenvalue weighted by Gasteiger charge is 2.19. The van der Waals surface area contributed by atoms with Gasteiger partial charge in [-0.2, -0.15) is 0 Å². The van der Waals surface area contributed by atoms with E-state index in [1.165, 1.54) is 18.6 Å². The van der Waals surface area contributed by atoms with Crippen LogP contribution in [0.5, 0.6) is 0 Å². The molecule has 1 aliphatic rings. The summed E-state index contributed by atoms with van der Waals surface area (Å²) in [5, 5.41) is 14.2. The summed E-state index contributed by atoms with van der Waals surface area (Å²) < 4.78 is 13.5. The zero-order chi connectivity index (χ0) is 14.5. The van der Waals surface area contributed by atoms with Crippen LogP contribution in [0.25, 0.3) is 0 Å². The van der Waals surface area contributed by atoms with Crippen molar-refractivity contribution in [3.05, 3.63) is 29.6 Å². The number of amides is 2. The second-order valence-electron chi connectivity index (χ2n) is 4.90. The lowest BCUT2D eigenvalue weighted by molar-refractivity contribution is 0.0693. The van der Waals surface area contributed by atoms with E-state index >= 15 is 0 Å². The number of urea groups is 1. The van der Waals surface area contributed by atoms with E-state index in [2.05, 4.69) is 10.6 Å². The number of anilines is 1. The average molecular weight is 280 g/mol. The van der Waals surface area contributed by atoms with Crippen LogP contribution in [0.15, 0.2) is 18.2 Å². The smallest absolute Gasteiger partial charge is 0.340 e. The monoisotopic (exact) mass is 280 g/mol. The van der Waals surface area contributed by atoms with E-state index in [1.807, 2.05) is 0 Å². The fraction of sp³-hybridized carbons (Fsp3) is 0.429. The lowest BCUT2D eigenvalue weighted by Gasteiger charge is -2.23. The zero-order valence-corrected chi connectivity index (χ0v) is 11.0. The highest BCUT2D eigenvalue weighted by atomic mass is 19.1. The van der Waals surface area contributed by atoms with Crippen molar-refractivity contribution in [2.45, 2.75) is 38.1 Å². The molecule has 3 N–H and O–H groups in total. The number of halogens is 1. The second kappa shape index (κ2) is 6.36. The van der Waals surface area contributed by atoms with Crippen molar-refractivity contribution in [1.82, 2.24) is 5.32 Å². The first-order valence-corrected chi connectivity index (χ1v) is 6.67. The lowest BCUT2D eigenvalue weighted by Crippen LogP contribution is -2.39. The molecular formula is C14H17FN2O3. The highest BCUT2D eigenvalue weighted by Crippen LogP contribution is 2.20. The summed E-state index contributed by atoms with van der Waals surface area (Å²) >= 11 is 0. The molecule has 0 atom stereocenters. The molecule has 2 amide bonds. The number of carbonyl (C=O) groups is 2. The molecular weight excluding hydrogens is 263 g/mol. The second-order valence-corrected chi connectivity index (χ2v) is 4.90. The Morgan fingerprint density at radius 2 is 1.90 bits per heavy atom. The zero-order valence-electron chi connectivity index (χ0n) is 11.0. The largest absolute Gasteiger partial charge is 0.478 e. The molecule has 0 spiro atoms. The van der Waals surface area contributed by atoms with Gasteiger partial charge in [0.1, 0.15) is 11.4 Å². The van der Waals surface area contributed by atoms with Crippen LogP contribution >= 0.6 is 0 Å². The van der Waals surface area contributed by atoms with Gasteiger partial charge in [0.25, 0.3) is 0 Å². The third-order valence-corrected chi connectivity index (χ3v) is 3.42. The summed E-state index contributed by atoms with van der Waals surface area (Å²) in [6.45, 7) is 0. The summed E-state index contributed by atoms with van der Waals surface area (Å²) in [5.74, 6) is -2.27. The molecule has 0 heterocycles. The van der Waals surface area contributed by atoms with Gasteiger partial charge in [0, 0.05) is 6.04 Å². The van der Waals surface area contributed by atoms with Gasteiger partial charge in [-0.05, 0) is 25.0 Å². The maximum Gasteiger partial charge on any atom is 0.340 e. The number of carboxylic acids is 1. The van der Waals surface area contributed by atoms with Crippen molar-refractivity contribution in [1.29, 1.82) is 0 Å². The fourth-order valence-electron chi connectivity index (χ4n) is 2.44. The minimum atomic E-state index is -1.41. The normalized spacial score (nSPS) is 15.7. The number of rotatable bonds is 3. The van der Waals surface area contributed by atoms with Crippen molar-refractivity contribution < 1.29 is 19.1 Å². The molecule has 2 rings (SSSR count). The predicted octanol–water partition coefficient (Wildman–Crippen LogP) is 2.98. The molecule has 1 aliphatic carbocycles. The first-order chi connectivity index (χ1) is 9.58. The number of hydrogen-bond acceptors (Lipinski definition) is 2. The number of carboxylic acid groups (broad SMARTS) is 1. The van der Waals surface area contributed by atoms with E-state index in [1.54, 1.807) is 0 Å². The molecule has 0 saturated heterocycles. The Hall–Kier alpha value is -2.11. The van der Waals surface area contributed by atoms with E-state index in [0.29, 0.717) is 0 Å². The minimum Gasteiger partial charge on any atom is -0.478 e. The fourth-order valence-corrected chi connectivity index (χ4v) is 2.44. The molecule has 1 fully saturated rings. The summed E-state index contributed by atoms with van der Waals surface area (Å²) in [7, 11) is 0. The van der Waals surface area contributed by atoms with Crippen LogP contribution < -0.4 is 10.6 Å². The van der Waals surface area contributed by atoms with Gasteiger partial charge >= 0.3 is 12.0 Å². The Kier molecular flexibility index (Phi) is 4.55. The SMILES string of the molecule is O=C(Nc1cccc(F)c1C(=O)O)NC1CCCCC1. The predicted molar refractivity (Wildman–Crippen MR) is 72.4 cm³/mol. The quantitative estimate of drug-likeness (QED) is 0.796. The van der Waals surface area contributed by atoms with Crippen molar-refractivity contribution >= 4 is 17.7 Å². The van der Waals surface area contributed by atoms with Gasteiger partial charge in [-0.15, -0.1) is 0 Å². The average Bonchev–Trinajstić information content (AvgIpc) is 2.39. The van der Waals surface area contributed by atoms with E-state index < -0.39 is 23.4 Å². The van der Waals surface area contributed by atoms with Crippen molar-refractivity contribution in [3.8, 4) is 0 Å². The van der Waals surface area contributed by atoms with Gasteiger partial charge in [0.15, 0.2) is 0 Å². The summed E-state index contributed by atoms with van der Waals surface area (Å²) in [6, 6.07) is 3.38. The van der Waals surface area contributed by atoms with Crippen LogP contribution in [0, 0.1) is 5.82 Å². The van der Waals surface area contributed by atoms with Crippen LogP contribution in [0.1, 0.15) is 42.5 Å². The molecule has 5 nitrogen and oxygen atoms in total. The number of hydrogen-bond donors (Lipinski definition) is 3. The van der Waals surface area contributed by atoms with Gasteiger partial charge in [-0.3, -0.25) is 0 Å². The van der Waals surface area contributed by atoms with Crippen LogP contribution in [-0.2, 0) is 0 Å². The Morgan fingerprint density at radius 1 is 1.20 bits per heavy atom. The van der Waals surface area contributed by atoms with Crippen molar-refractivity contribution in [2.24, 2.45) is 0 Å². The molecule has 6 heteroatoms. The standard InChI is InChI=1S/C14H17FN2O3/c15-10-7-4-8-11(12(10)13(18)19)17-14(20)16-9-5-2-1-3-6-9/h4,7-9H,1-3,5-6H2,(H,18,19)(H2,16,17,20). The van der Waals surface area contributed by atoms with Crippen LogP contribution in [0.2, 0.25) is 0 Å². The maximum atomic E-state index is 13.5. The first kappa shape index (κ1) is 14.3. The number of benzene rings is 1. The molecule has 0 unspecified atom stereocenters. The highest BCUT2D eigenvalue weighted by molar-refractivity contribution is 6.00. The summed E-state index contributed by atoms with van der Waals surface area (Å²) in [4.78, 5) is 22.8. The maximum absolute atomic E-state index is 13.5. The van der Waals surface area contributed by atoms with E-state index in [9.17, 15) is 14.0 Å². The number of carbonyl (C=O) groups excluding carboxylic acids is 1. The minimum absolute atomic E-state index is 0.0363. The molecule has 0 radical (unpaired) electrons. The molecule has 1 aromatic rings. The van der Waals surface area contributed by atoms with Crippen LogP contribution in [0.4, 0.5) is 14.9 Å². The third kappa shape index (κ3) is 3.46. The van der Waals surface area contributed by atoms with Crippen LogP contribution in [0.3, 0.4) is 0 Å². The van der Waals surface area contributed by atoms with Crippen molar-refractivity contribution in [2.75, 3.05) is 5.32 Å². The van der Waals surface area contributed by atoms with Gasteiger partial charge in [0.05, 0.1) is 5.69 Å². The molecule has 108 valence electrons. The molecule has 1 saturated carbocycles. The Bertz CT molecular complexity index is 513. The molecule has 0 bridgehead atoms. The molecule has 20 heavy (non-hydrogen) atoms. The summed E-state index contributed by atoms with van der Waals surface area (Å²) in [6.07, 6.45) is 5.16. The molecule has 1 aromatic carbocycles. The third-order valence-electron chi connectivity index (χ3n) is 3.42.